The number of ketones is 1. The molecule has 0 saturated carbocycles. The number of hydrogen-bond donors (Lipinski definition) is 4. The molecule has 3 atom stereocenters. The van der Waals surface area contributed by atoms with Crippen LogP contribution in [0.25, 0.3) is 0 Å². The molecule has 0 bridgehead atoms. The molecule has 0 rings (SSSR count). The van der Waals surface area contributed by atoms with Crippen molar-refractivity contribution in [2.45, 2.75) is 122 Å². The number of carbonyl (C=O) groups excluding carboxylic acids is 1. The maximum Gasteiger partial charge on any atom is 0.126 e. The van der Waals surface area contributed by atoms with E-state index in [0.717, 1.165) is 12.8 Å². The molecule has 0 aromatic carbocycles. The van der Waals surface area contributed by atoms with Crippen molar-refractivity contribution in [2.24, 2.45) is 5.73 Å². The molecule has 5 N–H and O–H groups in total. The number of Topliss-reactive ketones (excluding diaryl/α,β-unsaturated/α-hetero) is 1. The Labute approximate surface area is 161 Å². The first-order valence-electron chi connectivity index (χ1n) is 10.6. The summed E-state index contributed by atoms with van der Waals surface area (Å²) in [4.78, 5) is 9.44. The van der Waals surface area contributed by atoms with Gasteiger partial charge in [-0.25, -0.2) is 0 Å². The second-order valence-corrected chi connectivity index (χ2v) is 7.49. The summed E-state index contributed by atoms with van der Waals surface area (Å²) >= 11 is 0. The van der Waals surface area contributed by atoms with Gasteiger partial charge in [-0.3, -0.25) is 0 Å². The van der Waals surface area contributed by atoms with Crippen LogP contribution in [0.4, 0.5) is 0 Å². The lowest BCUT2D eigenvalue weighted by atomic mass is 10.00. The van der Waals surface area contributed by atoms with Crippen LogP contribution in [0.2, 0.25) is 0 Å². The summed E-state index contributed by atoms with van der Waals surface area (Å²) in [6.07, 6.45) is 14.1. The molecule has 0 saturated heterocycles. The number of unbranched alkanes of at least 4 members (excludes halogenated alkanes) is 11. The fourth-order valence-electron chi connectivity index (χ4n) is 2.76. The van der Waals surface area contributed by atoms with Crippen LogP contribution in [0.3, 0.4) is 0 Å². The smallest absolute Gasteiger partial charge is 0.126 e. The van der Waals surface area contributed by atoms with Crippen molar-refractivity contribution in [1.29, 1.82) is 0 Å². The van der Waals surface area contributed by atoms with Gasteiger partial charge in [0.25, 0.3) is 0 Å². The summed E-state index contributed by atoms with van der Waals surface area (Å²) < 4.78 is 0. The minimum absolute atomic E-state index is 0.167. The number of carbonyl (C=O) groups is 1. The van der Waals surface area contributed by atoms with E-state index in [4.69, 9.17) is 10.8 Å². The quantitative estimate of drug-likeness (QED) is 0.308. The second-order valence-electron chi connectivity index (χ2n) is 7.49. The molecule has 0 aliphatic carbocycles. The average molecular weight is 376 g/mol. The van der Waals surface area contributed by atoms with E-state index in [1.165, 1.54) is 78.1 Å². The lowest BCUT2D eigenvalue weighted by Gasteiger charge is -2.22. The van der Waals surface area contributed by atoms with Crippen LogP contribution in [0, 0.1) is 0 Å². The van der Waals surface area contributed by atoms with E-state index in [9.17, 15) is 15.0 Å². The molecule has 5 nitrogen and oxygen atoms in total. The van der Waals surface area contributed by atoms with Gasteiger partial charge in [-0.15, -0.1) is 0 Å². The Morgan fingerprint density at radius 2 is 1.15 bits per heavy atom. The van der Waals surface area contributed by atoms with Crippen LogP contribution in [0.5, 0.6) is 0 Å². The molecule has 0 aromatic heterocycles. The third-order valence-corrected chi connectivity index (χ3v) is 4.40. The summed E-state index contributed by atoms with van der Waals surface area (Å²) in [5.41, 5.74) is 5.49. The molecule has 0 spiro atoms. The summed E-state index contributed by atoms with van der Waals surface area (Å²) in [5.74, 6) is 0.167. The molecule has 5 heteroatoms. The first-order valence-corrected chi connectivity index (χ1v) is 10.6. The van der Waals surface area contributed by atoms with Crippen LogP contribution < -0.4 is 5.73 Å². The van der Waals surface area contributed by atoms with E-state index in [-0.39, 0.29) is 12.4 Å². The van der Waals surface area contributed by atoms with Gasteiger partial charge in [-0.1, -0.05) is 84.0 Å². The molecule has 0 radical (unpaired) electrons. The standard InChI is InChI=1S/C18H39NO3.C3H6O/c1-2-3-4-5-6-7-8-9-10-11-12-13-14-17(21)18(22)16(19)15-20;1-3(2)4/h16-18,20-22H,2-15,19H2,1H3;1-2H3/t16-,17+,18-;/m0./s1. The van der Waals surface area contributed by atoms with Crippen molar-refractivity contribution in [3.8, 4) is 0 Å². The van der Waals surface area contributed by atoms with Gasteiger partial charge in [0.15, 0.2) is 0 Å². The fraction of sp³-hybridized carbons (Fsp3) is 0.952. The predicted molar refractivity (Wildman–Crippen MR) is 109 cm³/mol. The third kappa shape index (κ3) is 21.6. The van der Waals surface area contributed by atoms with Gasteiger partial charge in [-0.2, -0.15) is 0 Å². The minimum atomic E-state index is -1.02. The lowest BCUT2D eigenvalue weighted by molar-refractivity contribution is -0.114. The average Bonchev–Trinajstić information content (AvgIpc) is 2.60. The Morgan fingerprint density at radius 3 is 1.50 bits per heavy atom. The molecule has 0 aliphatic rings. The summed E-state index contributed by atoms with van der Waals surface area (Å²) in [5, 5.41) is 28.2. The topological polar surface area (TPSA) is 104 Å². The second kappa shape index (κ2) is 20.8. The van der Waals surface area contributed by atoms with Crippen LogP contribution in [0.1, 0.15) is 104 Å². The molecule has 0 aliphatic heterocycles. The highest BCUT2D eigenvalue weighted by atomic mass is 16.3. The maximum atomic E-state index is 9.74. The van der Waals surface area contributed by atoms with Gasteiger partial charge < -0.3 is 25.8 Å². The van der Waals surface area contributed by atoms with Crippen molar-refractivity contribution in [2.75, 3.05) is 6.61 Å². The zero-order valence-electron chi connectivity index (χ0n) is 17.5. The number of aliphatic hydroxyl groups is 3. The highest BCUT2D eigenvalue weighted by Crippen LogP contribution is 2.14. The Hall–Kier alpha value is -0.490. The predicted octanol–water partition coefficient (Wildman–Crippen LogP) is 3.71. The van der Waals surface area contributed by atoms with Gasteiger partial charge >= 0.3 is 0 Å². The minimum Gasteiger partial charge on any atom is -0.395 e. The van der Waals surface area contributed by atoms with E-state index in [0.29, 0.717) is 6.42 Å². The van der Waals surface area contributed by atoms with E-state index in [1.54, 1.807) is 0 Å². The first kappa shape index (κ1) is 27.7. The van der Waals surface area contributed by atoms with Crippen molar-refractivity contribution >= 4 is 5.78 Å². The molecular formula is C21H45NO4. The first-order chi connectivity index (χ1) is 12.4. The van der Waals surface area contributed by atoms with Crippen molar-refractivity contribution in [3.05, 3.63) is 0 Å². The number of hydrogen-bond acceptors (Lipinski definition) is 5. The lowest BCUT2D eigenvalue weighted by Crippen LogP contribution is -2.45. The molecule has 0 fully saturated rings. The van der Waals surface area contributed by atoms with Crippen LogP contribution in [0.15, 0.2) is 0 Å². The zero-order valence-corrected chi connectivity index (χ0v) is 17.5. The van der Waals surface area contributed by atoms with Gasteiger partial charge in [-0.05, 0) is 20.3 Å². The molecule has 0 aromatic rings. The highest BCUT2D eigenvalue weighted by Gasteiger charge is 2.22. The molecule has 0 unspecified atom stereocenters. The summed E-state index contributed by atoms with van der Waals surface area (Å²) in [6, 6.07) is -0.743. The fourth-order valence-corrected chi connectivity index (χ4v) is 2.76. The number of nitrogens with two attached hydrogens (primary N) is 1. The largest absolute Gasteiger partial charge is 0.395 e. The summed E-state index contributed by atoms with van der Waals surface area (Å²) in [7, 11) is 0. The van der Waals surface area contributed by atoms with Crippen LogP contribution >= 0.6 is 0 Å². The van der Waals surface area contributed by atoms with Crippen molar-refractivity contribution in [1.82, 2.24) is 0 Å². The third-order valence-electron chi connectivity index (χ3n) is 4.40. The van der Waals surface area contributed by atoms with Gasteiger partial charge in [0.2, 0.25) is 0 Å². The maximum absolute atomic E-state index is 9.74. The van der Waals surface area contributed by atoms with Gasteiger partial charge in [0.1, 0.15) is 5.78 Å². The molecule has 0 heterocycles. The van der Waals surface area contributed by atoms with Gasteiger partial charge in [0.05, 0.1) is 24.9 Å². The highest BCUT2D eigenvalue weighted by molar-refractivity contribution is 5.72. The number of rotatable bonds is 16. The Bertz CT molecular complexity index is 296. The van der Waals surface area contributed by atoms with E-state index in [2.05, 4.69) is 6.92 Å². The Kier molecular flexibility index (Phi) is 22.2. The molecule has 0 amide bonds. The van der Waals surface area contributed by atoms with Crippen molar-refractivity contribution in [3.63, 3.8) is 0 Å². The van der Waals surface area contributed by atoms with E-state index in [1.807, 2.05) is 0 Å². The normalized spacial score (nSPS) is 14.3. The Morgan fingerprint density at radius 1 is 0.808 bits per heavy atom. The van der Waals surface area contributed by atoms with E-state index >= 15 is 0 Å². The molecule has 158 valence electrons. The van der Waals surface area contributed by atoms with Crippen LogP contribution in [-0.4, -0.2) is 46.0 Å². The SMILES string of the molecule is CC(C)=O.CCCCCCCCCCCCCC[C@@H](O)[C@@H](O)[C@@H](N)CO. The molecular weight excluding hydrogens is 330 g/mol. The van der Waals surface area contributed by atoms with Gasteiger partial charge in [0, 0.05) is 0 Å². The molecule has 26 heavy (non-hydrogen) atoms. The summed E-state index contributed by atoms with van der Waals surface area (Å²) in [6.45, 7) is 5.01. The monoisotopic (exact) mass is 375 g/mol. The Balaban J connectivity index is 0. The number of aliphatic hydroxyl groups excluding tert-OH is 3. The van der Waals surface area contributed by atoms with Crippen LogP contribution in [-0.2, 0) is 4.79 Å². The zero-order chi connectivity index (χ0) is 20.2. The van der Waals surface area contributed by atoms with Crippen molar-refractivity contribution < 1.29 is 20.1 Å². The van der Waals surface area contributed by atoms with E-state index < -0.39 is 18.2 Å².